The van der Waals surface area contributed by atoms with Crippen LogP contribution in [0.5, 0.6) is 0 Å². The number of hydrogen-bond acceptors (Lipinski definition) is 4. The molecule has 0 bridgehead atoms. The minimum atomic E-state index is -1.40. The van der Waals surface area contributed by atoms with Gasteiger partial charge >= 0.3 is 5.97 Å². The van der Waals surface area contributed by atoms with Crippen molar-refractivity contribution in [3.63, 3.8) is 0 Å². The van der Waals surface area contributed by atoms with Crippen molar-refractivity contribution in [2.75, 3.05) is 18.0 Å². The molecule has 1 saturated heterocycles. The molecule has 2 aliphatic carbocycles. The SMILES string of the molecule is N[C@]12CCC[C@H]1CN(c1c(F)cc3c(=O)c(C(=O)O)cn(C4CC4)c3c1F)C2. The fourth-order valence-corrected chi connectivity index (χ4v) is 5.02. The summed E-state index contributed by atoms with van der Waals surface area (Å²) in [5.74, 6) is -2.86. The van der Waals surface area contributed by atoms with Gasteiger partial charge < -0.3 is 20.3 Å². The number of nitrogens with two attached hydrogens (primary N) is 1. The number of carboxylic acid groups (broad SMARTS) is 1. The first-order chi connectivity index (χ1) is 13.3. The smallest absolute Gasteiger partial charge is 0.341 e. The normalized spacial score (nSPS) is 26.8. The molecule has 3 N–H and O–H groups in total. The van der Waals surface area contributed by atoms with E-state index >= 15 is 4.39 Å². The highest BCUT2D eigenvalue weighted by molar-refractivity contribution is 5.94. The lowest BCUT2D eigenvalue weighted by atomic mass is 9.92. The lowest BCUT2D eigenvalue weighted by molar-refractivity contribution is 0.0695. The standard InChI is InChI=1S/C20H21F2N3O3/c21-14-6-12-16(25(11-3-4-11)8-13(18(12)26)19(27)28)15(22)17(14)24-7-10-2-1-5-20(10,23)9-24/h6,8,10-11H,1-5,7,9,23H2,(H,27,28)/t10-,20-/m0/s1. The molecule has 2 aromatic rings. The zero-order chi connectivity index (χ0) is 19.8. The number of benzene rings is 1. The number of fused-ring (bicyclic) bond motifs is 2. The minimum Gasteiger partial charge on any atom is -0.477 e. The second-order valence-corrected chi connectivity index (χ2v) is 8.44. The van der Waals surface area contributed by atoms with Gasteiger partial charge in [0.1, 0.15) is 17.1 Å². The van der Waals surface area contributed by atoms with Gasteiger partial charge in [0, 0.05) is 30.9 Å². The van der Waals surface area contributed by atoms with Crippen LogP contribution in [-0.4, -0.2) is 34.3 Å². The lowest BCUT2D eigenvalue weighted by Crippen LogP contribution is -2.44. The van der Waals surface area contributed by atoms with E-state index in [1.807, 2.05) is 0 Å². The van der Waals surface area contributed by atoms with Crippen molar-refractivity contribution < 1.29 is 18.7 Å². The van der Waals surface area contributed by atoms with Gasteiger partial charge in [-0.15, -0.1) is 0 Å². The first-order valence-electron chi connectivity index (χ1n) is 9.64. The molecule has 5 rings (SSSR count). The number of pyridine rings is 1. The van der Waals surface area contributed by atoms with Crippen LogP contribution in [0.2, 0.25) is 0 Å². The van der Waals surface area contributed by atoms with Crippen LogP contribution in [0.25, 0.3) is 10.9 Å². The monoisotopic (exact) mass is 389 g/mol. The molecule has 148 valence electrons. The summed E-state index contributed by atoms with van der Waals surface area (Å²) < 4.78 is 32.1. The van der Waals surface area contributed by atoms with Crippen molar-refractivity contribution in [1.29, 1.82) is 0 Å². The fraction of sp³-hybridized carbons (Fsp3) is 0.500. The Bertz CT molecular complexity index is 1080. The Morgan fingerprint density at radius 1 is 1.29 bits per heavy atom. The Labute approximate surface area is 159 Å². The highest BCUT2D eigenvalue weighted by Gasteiger charge is 2.48. The van der Waals surface area contributed by atoms with Gasteiger partial charge in [-0.1, -0.05) is 6.42 Å². The number of anilines is 1. The second kappa shape index (κ2) is 5.76. The third-order valence-electron chi connectivity index (χ3n) is 6.60. The van der Waals surface area contributed by atoms with E-state index in [1.165, 1.54) is 10.8 Å². The summed E-state index contributed by atoms with van der Waals surface area (Å²) in [6.07, 6.45) is 5.52. The Kier molecular flexibility index (Phi) is 3.62. The molecule has 2 heterocycles. The van der Waals surface area contributed by atoms with Crippen molar-refractivity contribution >= 4 is 22.6 Å². The molecule has 0 spiro atoms. The van der Waals surface area contributed by atoms with Crippen molar-refractivity contribution in [2.45, 2.75) is 43.7 Å². The Balaban J connectivity index is 1.72. The van der Waals surface area contributed by atoms with Gasteiger partial charge in [-0.3, -0.25) is 4.79 Å². The molecule has 0 unspecified atom stereocenters. The number of halogens is 2. The van der Waals surface area contributed by atoms with Crippen LogP contribution in [0.15, 0.2) is 17.1 Å². The summed E-state index contributed by atoms with van der Waals surface area (Å²) in [6.45, 7) is 0.856. The summed E-state index contributed by atoms with van der Waals surface area (Å²) in [5.41, 5.74) is 4.52. The molecule has 8 heteroatoms. The molecule has 28 heavy (non-hydrogen) atoms. The van der Waals surface area contributed by atoms with Crippen LogP contribution in [0.3, 0.4) is 0 Å². The van der Waals surface area contributed by atoms with Gasteiger partial charge in [0.25, 0.3) is 0 Å². The molecular weight excluding hydrogens is 368 g/mol. The molecule has 6 nitrogen and oxygen atoms in total. The first-order valence-corrected chi connectivity index (χ1v) is 9.64. The number of carbonyl (C=O) groups is 1. The number of carboxylic acids is 1. The predicted octanol–water partition coefficient (Wildman–Crippen LogP) is 2.63. The molecule has 0 radical (unpaired) electrons. The Hall–Kier alpha value is -2.48. The third kappa shape index (κ3) is 2.40. The number of nitrogens with zero attached hydrogens (tertiary/aromatic N) is 2. The van der Waals surface area contributed by atoms with Gasteiger partial charge in [-0.25, -0.2) is 13.6 Å². The summed E-state index contributed by atoms with van der Waals surface area (Å²) in [6, 6.07) is 0.909. The number of aromatic carboxylic acids is 1. The second-order valence-electron chi connectivity index (χ2n) is 8.44. The average Bonchev–Trinajstić information content (AvgIpc) is 3.32. The van der Waals surface area contributed by atoms with E-state index in [0.717, 1.165) is 38.2 Å². The van der Waals surface area contributed by atoms with Gasteiger partial charge in [0.05, 0.1) is 10.9 Å². The molecule has 1 aromatic carbocycles. The summed E-state index contributed by atoms with van der Waals surface area (Å²) in [7, 11) is 0. The molecule has 1 aromatic heterocycles. The highest BCUT2D eigenvalue weighted by atomic mass is 19.1. The zero-order valence-electron chi connectivity index (χ0n) is 15.3. The summed E-state index contributed by atoms with van der Waals surface area (Å²) in [5, 5.41) is 9.09. The zero-order valence-corrected chi connectivity index (χ0v) is 15.3. The molecular formula is C20H21F2N3O3. The van der Waals surface area contributed by atoms with Crippen molar-refractivity contribution in [2.24, 2.45) is 11.7 Å². The van der Waals surface area contributed by atoms with Gasteiger partial charge in [0.2, 0.25) is 5.43 Å². The minimum absolute atomic E-state index is 0.0166. The fourth-order valence-electron chi connectivity index (χ4n) is 5.02. The summed E-state index contributed by atoms with van der Waals surface area (Å²) in [4.78, 5) is 25.6. The highest BCUT2D eigenvalue weighted by Crippen LogP contribution is 2.44. The molecule has 3 fully saturated rings. The maximum absolute atomic E-state index is 15.6. The van der Waals surface area contributed by atoms with Crippen LogP contribution < -0.4 is 16.1 Å². The quantitative estimate of drug-likeness (QED) is 0.843. The van der Waals surface area contributed by atoms with E-state index in [4.69, 9.17) is 5.73 Å². The molecule has 2 atom stereocenters. The van der Waals surface area contributed by atoms with E-state index in [0.29, 0.717) is 13.1 Å². The van der Waals surface area contributed by atoms with E-state index in [1.54, 1.807) is 4.90 Å². The van der Waals surface area contributed by atoms with Gasteiger partial charge in [-0.05, 0) is 37.7 Å². The van der Waals surface area contributed by atoms with Crippen molar-refractivity contribution in [3.05, 3.63) is 39.7 Å². The maximum Gasteiger partial charge on any atom is 0.341 e. The molecule has 0 amide bonds. The Morgan fingerprint density at radius 3 is 2.68 bits per heavy atom. The predicted molar refractivity (Wildman–Crippen MR) is 99.8 cm³/mol. The van der Waals surface area contributed by atoms with Crippen LogP contribution >= 0.6 is 0 Å². The van der Waals surface area contributed by atoms with Crippen molar-refractivity contribution in [3.8, 4) is 0 Å². The van der Waals surface area contributed by atoms with E-state index in [9.17, 15) is 19.1 Å². The summed E-state index contributed by atoms with van der Waals surface area (Å²) >= 11 is 0. The van der Waals surface area contributed by atoms with E-state index < -0.39 is 34.1 Å². The Morgan fingerprint density at radius 2 is 2.04 bits per heavy atom. The number of hydrogen-bond donors (Lipinski definition) is 2. The van der Waals surface area contributed by atoms with Crippen molar-refractivity contribution in [1.82, 2.24) is 4.57 Å². The van der Waals surface area contributed by atoms with Gasteiger partial charge in [-0.2, -0.15) is 0 Å². The largest absolute Gasteiger partial charge is 0.477 e. The van der Waals surface area contributed by atoms with Crippen LogP contribution in [0, 0.1) is 17.6 Å². The first kappa shape index (κ1) is 17.6. The van der Waals surface area contributed by atoms with E-state index in [2.05, 4.69) is 0 Å². The number of rotatable bonds is 3. The maximum atomic E-state index is 15.6. The number of aromatic nitrogens is 1. The van der Waals surface area contributed by atoms with Crippen LogP contribution in [0.4, 0.5) is 14.5 Å². The van der Waals surface area contributed by atoms with Gasteiger partial charge in [0.15, 0.2) is 5.82 Å². The van der Waals surface area contributed by atoms with Crippen LogP contribution in [0.1, 0.15) is 48.5 Å². The molecule has 1 aliphatic heterocycles. The lowest BCUT2D eigenvalue weighted by Gasteiger charge is -2.25. The molecule has 3 aliphatic rings. The van der Waals surface area contributed by atoms with Crippen LogP contribution in [-0.2, 0) is 0 Å². The third-order valence-corrected chi connectivity index (χ3v) is 6.60. The average molecular weight is 389 g/mol. The molecule has 2 saturated carbocycles. The topological polar surface area (TPSA) is 88.6 Å². The van der Waals surface area contributed by atoms with E-state index in [-0.39, 0.29) is 28.6 Å².